The van der Waals surface area contributed by atoms with Crippen molar-refractivity contribution in [3.8, 4) is 0 Å². The minimum atomic E-state index is -0.246. The SMILES string of the molecule is Nc1cn[nH]c1NC(=O)c1cc(Br)sc1Br. The van der Waals surface area contributed by atoms with Gasteiger partial charge >= 0.3 is 0 Å². The monoisotopic (exact) mass is 364 g/mol. The minimum absolute atomic E-state index is 0.246. The number of carbonyl (C=O) groups is 1. The van der Waals surface area contributed by atoms with Crippen LogP contribution >= 0.6 is 43.2 Å². The van der Waals surface area contributed by atoms with E-state index >= 15 is 0 Å². The summed E-state index contributed by atoms with van der Waals surface area (Å²) in [7, 11) is 0. The molecule has 16 heavy (non-hydrogen) atoms. The van der Waals surface area contributed by atoms with Gasteiger partial charge in [-0.2, -0.15) is 5.10 Å². The number of aromatic amines is 1. The molecule has 0 bridgehead atoms. The number of anilines is 2. The van der Waals surface area contributed by atoms with E-state index in [1.165, 1.54) is 17.5 Å². The fraction of sp³-hybridized carbons (Fsp3) is 0. The number of carbonyl (C=O) groups excluding carboxylic acids is 1. The quantitative estimate of drug-likeness (QED) is 0.765. The second-order valence-electron chi connectivity index (χ2n) is 2.89. The van der Waals surface area contributed by atoms with E-state index in [-0.39, 0.29) is 5.91 Å². The van der Waals surface area contributed by atoms with Gasteiger partial charge in [0.25, 0.3) is 5.91 Å². The first kappa shape index (κ1) is 11.6. The van der Waals surface area contributed by atoms with Crippen molar-refractivity contribution in [1.29, 1.82) is 0 Å². The maximum Gasteiger partial charge on any atom is 0.258 e. The summed E-state index contributed by atoms with van der Waals surface area (Å²) >= 11 is 8.05. The molecule has 0 spiro atoms. The number of nitrogens with one attached hydrogen (secondary N) is 2. The Hall–Kier alpha value is -0.860. The zero-order chi connectivity index (χ0) is 11.7. The van der Waals surface area contributed by atoms with Crippen molar-refractivity contribution >= 4 is 60.6 Å². The Morgan fingerprint density at radius 2 is 2.31 bits per heavy atom. The van der Waals surface area contributed by atoms with Crippen LogP contribution in [0.5, 0.6) is 0 Å². The van der Waals surface area contributed by atoms with Crippen molar-refractivity contribution < 1.29 is 4.79 Å². The Balaban J connectivity index is 2.21. The van der Waals surface area contributed by atoms with E-state index in [0.717, 1.165) is 7.57 Å². The van der Waals surface area contributed by atoms with E-state index in [9.17, 15) is 4.79 Å². The van der Waals surface area contributed by atoms with Gasteiger partial charge in [0.15, 0.2) is 5.82 Å². The number of nitrogens with two attached hydrogens (primary N) is 1. The third-order valence-corrected chi connectivity index (χ3v) is 4.15. The summed E-state index contributed by atoms with van der Waals surface area (Å²) in [6.45, 7) is 0. The maximum atomic E-state index is 11.8. The topological polar surface area (TPSA) is 83.8 Å². The molecule has 84 valence electrons. The first-order chi connectivity index (χ1) is 7.58. The molecule has 2 aromatic heterocycles. The lowest BCUT2D eigenvalue weighted by atomic mass is 10.3. The zero-order valence-corrected chi connectivity index (χ0v) is 11.7. The van der Waals surface area contributed by atoms with Crippen LogP contribution in [0.1, 0.15) is 10.4 Å². The van der Waals surface area contributed by atoms with E-state index < -0.39 is 0 Å². The van der Waals surface area contributed by atoms with Gasteiger partial charge < -0.3 is 11.1 Å². The van der Waals surface area contributed by atoms with Crippen molar-refractivity contribution in [3.05, 3.63) is 25.4 Å². The molecule has 0 atom stereocenters. The van der Waals surface area contributed by atoms with E-state index in [4.69, 9.17) is 5.73 Å². The van der Waals surface area contributed by atoms with Gasteiger partial charge in [-0.25, -0.2) is 0 Å². The Morgan fingerprint density at radius 1 is 1.56 bits per heavy atom. The van der Waals surface area contributed by atoms with Crippen molar-refractivity contribution in [2.24, 2.45) is 0 Å². The fourth-order valence-electron chi connectivity index (χ4n) is 1.07. The highest BCUT2D eigenvalue weighted by Gasteiger charge is 2.15. The summed E-state index contributed by atoms with van der Waals surface area (Å²) in [5.41, 5.74) is 6.53. The summed E-state index contributed by atoms with van der Waals surface area (Å²) in [6, 6.07) is 1.73. The van der Waals surface area contributed by atoms with Crippen molar-refractivity contribution in [3.63, 3.8) is 0 Å². The molecular weight excluding hydrogens is 360 g/mol. The van der Waals surface area contributed by atoms with Crippen LogP contribution in [-0.4, -0.2) is 16.1 Å². The molecule has 0 aliphatic heterocycles. The summed E-state index contributed by atoms with van der Waals surface area (Å²) in [5.74, 6) is 0.156. The average molecular weight is 366 g/mol. The highest BCUT2D eigenvalue weighted by molar-refractivity contribution is 9.12. The number of H-pyrrole nitrogens is 1. The highest BCUT2D eigenvalue weighted by atomic mass is 79.9. The van der Waals surface area contributed by atoms with Gasteiger partial charge in [0, 0.05) is 0 Å². The summed E-state index contributed by atoms with van der Waals surface area (Å²) in [4.78, 5) is 11.8. The molecule has 0 aliphatic carbocycles. The number of aromatic nitrogens is 2. The van der Waals surface area contributed by atoms with Crippen LogP contribution in [0.2, 0.25) is 0 Å². The number of halogens is 2. The third kappa shape index (κ3) is 2.28. The van der Waals surface area contributed by atoms with Crippen molar-refractivity contribution in [2.75, 3.05) is 11.1 Å². The lowest BCUT2D eigenvalue weighted by molar-refractivity contribution is 0.102. The molecule has 0 fully saturated rings. The number of hydrogen-bond acceptors (Lipinski definition) is 4. The molecule has 5 nitrogen and oxygen atoms in total. The second kappa shape index (κ2) is 4.56. The van der Waals surface area contributed by atoms with Gasteiger partial charge in [0.2, 0.25) is 0 Å². The predicted molar refractivity (Wildman–Crippen MR) is 70.7 cm³/mol. The predicted octanol–water partition coefficient (Wildman–Crippen LogP) is 2.83. The first-order valence-electron chi connectivity index (χ1n) is 4.13. The standard InChI is InChI=1S/C8H6Br2N4OS/c9-5-1-3(6(10)16-5)8(15)13-7-4(11)2-12-14-7/h1-2H,11H2,(H2,12,13,14,15). The van der Waals surface area contributed by atoms with Crippen LogP contribution in [0.4, 0.5) is 11.5 Å². The van der Waals surface area contributed by atoms with Crippen molar-refractivity contribution in [1.82, 2.24) is 10.2 Å². The molecule has 2 rings (SSSR count). The number of nitrogens with zero attached hydrogens (tertiary/aromatic N) is 1. The summed E-state index contributed by atoms with van der Waals surface area (Å²) in [5, 5.41) is 8.95. The van der Waals surface area contributed by atoms with Gasteiger partial charge in [-0.1, -0.05) is 0 Å². The number of rotatable bonds is 2. The second-order valence-corrected chi connectivity index (χ2v) is 6.64. The molecule has 0 saturated heterocycles. The van der Waals surface area contributed by atoms with Gasteiger partial charge in [-0.05, 0) is 37.9 Å². The Kier molecular flexibility index (Phi) is 3.31. The molecule has 0 unspecified atom stereocenters. The number of amides is 1. The van der Waals surface area contributed by atoms with Crippen LogP contribution in [0.15, 0.2) is 19.8 Å². The Bertz CT molecular complexity index is 536. The normalized spacial score (nSPS) is 10.4. The van der Waals surface area contributed by atoms with Crippen LogP contribution < -0.4 is 11.1 Å². The number of thiophene rings is 1. The van der Waals surface area contributed by atoms with Gasteiger partial charge in [-0.15, -0.1) is 11.3 Å². The smallest absolute Gasteiger partial charge is 0.258 e. The van der Waals surface area contributed by atoms with Crippen LogP contribution in [0.25, 0.3) is 0 Å². The van der Waals surface area contributed by atoms with E-state index in [0.29, 0.717) is 17.1 Å². The molecule has 0 aromatic carbocycles. The Morgan fingerprint density at radius 3 is 2.81 bits per heavy atom. The minimum Gasteiger partial charge on any atom is -0.394 e. The van der Waals surface area contributed by atoms with Crippen LogP contribution in [0.3, 0.4) is 0 Å². The molecular formula is C8H6Br2N4OS. The molecule has 0 aliphatic rings. The summed E-state index contributed by atoms with van der Waals surface area (Å²) in [6.07, 6.45) is 1.44. The molecule has 0 saturated carbocycles. The molecule has 8 heteroatoms. The summed E-state index contributed by atoms with van der Waals surface area (Å²) < 4.78 is 1.64. The molecule has 1 amide bonds. The van der Waals surface area contributed by atoms with Crippen molar-refractivity contribution in [2.45, 2.75) is 0 Å². The lowest BCUT2D eigenvalue weighted by Crippen LogP contribution is -2.12. The molecule has 2 aromatic rings. The lowest BCUT2D eigenvalue weighted by Gasteiger charge is -2.01. The molecule has 2 heterocycles. The molecule has 0 radical (unpaired) electrons. The average Bonchev–Trinajstić information content (AvgIpc) is 2.74. The third-order valence-electron chi connectivity index (χ3n) is 1.81. The highest BCUT2D eigenvalue weighted by Crippen LogP contribution is 2.32. The molecule has 4 N–H and O–H groups in total. The van der Waals surface area contributed by atoms with E-state index in [1.54, 1.807) is 6.07 Å². The first-order valence-corrected chi connectivity index (χ1v) is 6.53. The zero-order valence-electron chi connectivity index (χ0n) is 7.75. The Labute approximate surface area is 112 Å². The largest absolute Gasteiger partial charge is 0.394 e. The number of hydrogen-bond donors (Lipinski definition) is 3. The van der Waals surface area contributed by atoms with Crippen LogP contribution in [-0.2, 0) is 0 Å². The maximum absolute atomic E-state index is 11.8. The van der Waals surface area contributed by atoms with Gasteiger partial charge in [-0.3, -0.25) is 9.89 Å². The van der Waals surface area contributed by atoms with E-state index in [2.05, 4.69) is 47.4 Å². The van der Waals surface area contributed by atoms with E-state index in [1.807, 2.05) is 0 Å². The fourth-order valence-corrected chi connectivity index (χ4v) is 3.86. The van der Waals surface area contributed by atoms with Crippen LogP contribution in [0, 0.1) is 0 Å². The van der Waals surface area contributed by atoms with Gasteiger partial charge in [0.05, 0.1) is 25.0 Å². The van der Waals surface area contributed by atoms with Gasteiger partial charge in [0.1, 0.15) is 0 Å². The number of nitrogen functional groups attached to an aromatic ring is 1.